The predicted molar refractivity (Wildman–Crippen MR) is 34.0 cm³/mol. The Morgan fingerprint density at radius 3 is 2.70 bits per heavy atom. The fourth-order valence-corrected chi connectivity index (χ4v) is 0.513. The number of hydrazine groups is 1. The maximum Gasteiger partial charge on any atom is 0.322 e. The van der Waals surface area contributed by atoms with Crippen molar-refractivity contribution in [2.24, 2.45) is 5.84 Å². The SMILES string of the molecule is NNC(CCC=O)C(=O)O. The first-order valence-electron chi connectivity index (χ1n) is 2.85. The van der Waals surface area contributed by atoms with Gasteiger partial charge in [-0.2, -0.15) is 0 Å². The number of nitrogens with one attached hydrogen (secondary N) is 1. The summed E-state index contributed by atoms with van der Waals surface area (Å²) in [5.74, 6) is 3.83. The van der Waals surface area contributed by atoms with Crippen molar-refractivity contribution in [2.45, 2.75) is 18.9 Å². The van der Waals surface area contributed by atoms with Gasteiger partial charge in [0, 0.05) is 6.42 Å². The Bertz CT molecular complexity index is 126. The lowest BCUT2D eigenvalue weighted by Crippen LogP contribution is -2.41. The van der Waals surface area contributed by atoms with Gasteiger partial charge in [-0.15, -0.1) is 0 Å². The molecule has 0 heterocycles. The van der Waals surface area contributed by atoms with Crippen LogP contribution in [0.15, 0.2) is 0 Å². The molecule has 0 aliphatic heterocycles. The number of hydrogen-bond donors (Lipinski definition) is 3. The minimum atomic E-state index is -1.04. The van der Waals surface area contributed by atoms with Crippen molar-refractivity contribution in [3.8, 4) is 0 Å². The van der Waals surface area contributed by atoms with Gasteiger partial charge in [-0.05, 0) is 6.42 Å². The molecular formula is C5H10N2O3. The second-order valence-corrected chi connectivity index (χ2v) is 1.80. The Kier molecular flexibility index (Phi) is 4.43. The third-order valence-corrected chi connectivity index (χ3v) is 1.07. The molecule has 0 bridgehead atoms. The molecule has 0 aromatic rings. The molecule has 58 valence electrons. The molecule has 0 amide bonds. The summed E-state index contributed by atoms with van der Waals surface area (Å²) < 4.78 is 0. The van der Waals surface area contributed by atoms with E-state index in [2.05, 4.69) is 5.43 Å². The third-order valence-electron chi connectivity index (χ3n) is 1.07. The van der Waals surface area contributed by atoms with Crippen molar-refractivity contribution < 1.29 is 14.7 Å². The van der Waals surface area contributed by atoms with Crippen LogP contribution in [-0.4, -0.2) is 23.4 Å². The van der Waals surface area contributed by atoms with Gasteiger partial charge in [0.15, 0.2) is 0 Å². The second kappa shape index (κ2) is 4.89. The van der Waals surface area contributed by atoms with Crippen LogP contribution in [0.25, 0.3) is 0 Å². The zero-order valence-corrected chi connectivity index (χ0v) is 5.41. The molecule has 0 aliphatic rings. The number of aliphatic carboxylic acids is 1. The molecular weight excluding hydrogens is 136 g/mol. The quantitative estimate of drug-likeness (QED) is 0.259. The van der Waals surface area contributed by atoms with Crippen molar-refractivity contribution in [1.82, 2.24) is 5.43 Å². The highest BCUT2D eigenvalue weighted by atomic mass is 16.4. The second-order valence-electron chi connectivity index (χ2n) is 1.80. The number of carboxylic acids is 1. The van der Waals surface area contributed by atoms with Crippen LogP contribution < -0.4 is 11.3 Å². The summed E-state index contributed by atoms with van der Waals surface area (Å²) in [6.07, 6.45) is 1.10. The van der Waals surface area contributed by atoms with Crippen molar-refractivity contribution in [1.29, 1.82) is 0 Å². The highest BCUT2D eigenvalue weighted by Crippen LogP contribution is 1.92. The van der Waals surface area contributed by atoms with Crippen molar-refractivity contribution in [2.75, 3.05) is 0 Å². The molecule has 0 saturated heterocycles. The minimum absolute atomic E-state index is 0.209. The number of rotatable bonds is 5. The summed E-state index contributed by atoms with van der Waals surface area (Å²) in [5, 5.41) is 8.34. The number of nitrogens with two attached hydrogens (primary N) is 1. The highest BCUT2D eigenvalue weighted by Gasteiger charge is 2.13. The molecule has 10 heavy (non-hydrogen) atoms. The van der Waals surface area contributed by atoms with E-state index in [1.807, 2.05) is 0 Å². The average Bonchev–Trinajstić information content (AvgIpc) is 1.89. The smallest absolute Gasteiger partial charge is 0.322 e. The number of hydrogen-bond acceptors (Lipinski definition) is 4. The first-order valence-corrected chi connectivity index (χ1v) is 2.85. The van der Waals surface area contributed by atoms with Gasteiger partial charge in [-0.1, -0.05) is 0 Å². The van der Waals surface area contributed by atoms with Crippen LogP contribution in [0.2, 0.25) is 0 Å². The van der Waals surface area contributed by atoms with Crippen LogP contribution in [0.3, 0.4) is 0 Å². The van der Waals surface area contributed by atoms with Gasteiger partial charge in [-0.25, -0.2) is 5.43 Å². The van der Waals surface area contributed by atoms with Crippen LogP contribution in [0.1, 0.15) is 12.8 Å². The van der Waals surface area contributed by atoms with E-state index in [-0.39, 0.29) is 12.8 Å². The highest BCUT2D eigenvalue weighted by molar-refractivity contribution is 5.73. The fourth-order valence-electron chi connectivity index (χ4n) is 0.513. The molecule has 4 N–H and O–H groups in total. The molecule has 0 radical (unpaired) electrons. The number of aldehydes is 1. The zero-order valence-electron chi connectivity index (χ0n) is 5.41. The first kappa shape index (κ1) is 9.06. The van der Waals surface area contributed by atoms with Crippen LogP contribution in [0, 0.1) is 0 Å². The lowest BCUT2D eigenvalue weighted by molar-refractivity contribution is -0.139. The van der Waals surface area contributed by atoms with Crippen LogP contribution in [-0.2, 0) is 9.59 Å². The topological polar surface area (TPSA) is 92.4 Å². The molecule has 0 aliphatic carbocycles. The number of carbonyl (C=O) groups is 2. The summed E-state index contributed by atoms with van der Waals surface area (Å²) in [6, 6.07) is -0.815. The van der Waals surface area contributed by atoms with E-state index in [1.165, 1.54) is 0 Å². The Morgan fingerprint density at radius 2 is 2.40 bits per heavy atom. The summed E-state index contributed by atoms with van der Waals surface area (Å²) in [7, 11) is 0. The Hall–Kier alpha value is -0.940. The minimum Gasteiger partial charge on any atom is -0.480 e. The van der Waals surface area contributed by atoms with E-state index in [9.17, 15) is 9.59 Å². The first-order chi connectivity index (χ1) is 4.72. The van der Waals surface area contributed by atoms with Crippen molar-refractivity contribution in [3.05, 3.63) is 0 Å². The van der Waals surface area contributed by atoms with Gasteiger partial charge < -0.3 is 9.90 Å². The predicted octanol–water partition coefficient (Wildman–Crippen LogP) is -1.12. The molecule has 5 heteroatoms. The van der Waals surface area contributed by atoms with Gasteiger partial charge in [0.2, 0.25) is 0 Å². The van der Waals surface area contributed by atoms with E-state index < -0.39 is 12.0 Å². The van der Waals surface area contributed by atoms with Gasteiger partial charge in [0.05, 0.1) is 0 Å². The molecule has 0 aromatic carbocycles. The maximum absolute atomic E-state index is 10.2. The Labute approximate surface area is 58.2 Å². The van der Waals surface area contributed by atoms with Crippen molar-refractivity contribution in [3.63, 3.8) is 0 Å². The molecule has 0 spiro atoms. The monoisotopic (exact) mass is 146 g/mol. The number of carboxylic acid groups (broad SMARTS) is 1. The molecule has 1 unspecified atom stereocenters. The van der Waals surface area contributed by atoms with Gasteiger partial charge in [0.1, 0.15) is 12.3 Å². The standard InChI is InChI=1S/C5H10N2O3/c6-7-4(5(9)10)2-1-3-8/h3-4,7H,1-2,6H2,(H,9,10). The molecule has 0 rings (SSSR count). The average molecular weight is 146 g/mol. The summed E-state index contributed by atoms with van der Waals surface area (Å²) in [5.41, 5.74) is 2.08. The summed E-state index contributed by atoms with van der Waals surface area (Å²) in [4.78, 5) is 20.0. The van der Waals surface area contributed by atoms with Gasteiger partial charge >= 0.3 is 5.97 Å². The Morgan fingerprint density at radius 1 is 1.80 bits per heavy atom. The normalized spacial score (nSPS) is 12.5. The molecule has 0 fully saturated rings. The van der Waals surface area contributed by atoms with E-state index in [1.54, 1.807) is 0 Å². The molecule has 5 nitrogen and oxygen atoms in total. The third kappa shape index (κ3) is 3.16. The summed E-state index contributed by atoms with van der Waals surface area (Å²) >= 11 is 0. The van der Waals surface area contributed by atoms with E-state index >= 15 is 0 Å². The maximum atomic E-state index is 10.2. The number of carbonyl (C=O) groups excluding carboxylic acids is 1. The lowest BCUT2D eigenvalue weighted by atomic mass is 10.2. The van der Waals surface area contributed by atoms with Crippen LogP contribution >= 0.6 is 0 Å². The van der Waals surface area contributed by atoms with Gasteiger partial charge in [-0.3, -0.25) is 10.6 Å². The van der Waals surface area contributed by atoms with Crippen molar-refractivity contribution >= 4 is 12.3 Å². The van der Waals surface area contributed by atoms with Gasteiger partial charge in [0.25, 0.3) is 0 Å². The molecule has 0 saturated carbocycles. The lowest BCUT2D eigenvalue weighted by Gasteiger charge is -2.06. The zero-order chi connectivity index (χ0) is 7.98. The van der Waals surface area contributed by atoms with E-state index in [0.717, 1.165) is 0 Å². The van der Waals surface area contributed by atoms with Crippen LogP contribution in [0.5, 0.6) is 0 Å². The Balaban J connectivity index is 3.60. The largest absolute Gasteiger partial charge is 0.480 e. The molecule has 0 aromatic heterocycles. The summed E-state index contributed by atoms with van der Waals surface area (Å²) in [6.45, 7) is 0. The van der Waals surface area contributed by atoms with E-state index in [4.69, 9.17) is 10.9 Å². The van der Waals surface area contributed by atoms with E-state index in [0.29, 0.717) is 6.29 Å². The fraction of sp³-hybridized carbons (Fsp3) is 0.600. The van der Waals surface area contributed by atoms with Crippen LogP contribution in [0.4, 0.5) is 0 Å². The molecule has 1 atom stereocenters.